The monoisotopic (exact) mass is 549 g/mol. The van der Waals surface area contributed by atoms with Crippen molar-refractivity contribution in [2.45, 2.75) is 63.8 Å². The van der Waals surface area contributed by atoms with Crippen LogP contribution in [0.3, 0.4) is 0 Å². The van der Waals surface area contributed by atoms with Crippen LogP contribution < -0.4 is 15.4 Å². The van der Waals surface area contributed by atoms with Gasteiger partial charge in [-0.1, -0.05) is 0 Å². The number of nitrogens with one attached hydrogen (secondary N) is 2. The zero-order valence-corrected chi connectivity index (χ0v) is 23.6. The number of carbonyl (C=O) groups excluding carboxylic acids is 4. The molecule has 0 aliphatic carbocycles. The molecule has 216 valence electrons. The predicted molar refractivity (Wildman–Crippen MR) is 142 cm³/mol. The summed E-state index contributed by atoms with van der Waals surface area (Å²) in [5.41, 5.74) is -0.667. The van der Waals surface area contributed by atoms with E-state index in [-0.39, 0.29) is 55.8 Å². The van der Waals surface area contributed by atoms with Crippen LogP contribution in [-0.4, -0.2) is 110 Å². The molecule has 0 radical (unpaired) electrons. The predicted octanol–water partition coefficient (Wildman–Crippen LogP) is 1.61. The van der Waals surface area contributed by atoms with Crippen molar-refractivity contribution in [2.24, 2.45) is 0 Å². The maximum atomic E-state index is 14.1. The first kappa shape index (κ1) is 30.1. The number of benzene rings is 1. The van der Waals surface area contributed by atoms with Crippen molar-refractivity contribution in [2.75, 3.05) is 47.4 Å². The number of ether oxygens (including phenoxy) is 2. The smallest absolute Gasteiger partial charge is 0.410 e. The third-order valence-corrected chi connectivity index (χ3v) is 6.44. The fraction of sp³-hybridized carbons (Fsp3) is 0.630. The maximum Gasteiger partial charge on any atom is 0.410 e. The van der Waals surface area contributed by atoms with Gasteiger partial charge < -0.3 is 29.9 Å². The summed E-state index contributed by atoms with van der Waals surface area (Å²) in [6.07, 6.45) is 0.500. The van der Waals surface area contributed by atoms with E-state index in [0.717, 1.165) is 6.07 Å². The van der Waals surface area contributed by atoms with Crippen LogP contribution in [0, 0.1) is 5.82 Å². The number of carbonyl (C=O) groups is 4. The van der Waals surface area contributed by atoms with Crippen LogP contribution in [0.15, 0.2) is 18.2 Å². The highest BCUT2D eigenvalue weighted by Gasteiger charge is 2.39. The molecule has 39 heavy (non-hydrogen) atoms. The number of likely N-dealkylation sites (tertiary alicyclic amines) is 1. The molecular weight excluding hydrogens is 509 g/mol. The topological polar surface area (TPSA) is 121 Å². The van der Waals surface area contributed by atoms with Crippen molar-refractivity contribution in [3.05, 3.63) is 29.6 Å². The number of fused-ring (bicyclic) bond motifs is 3. The van der Waals surface area contributed by atoms with Gasteiger partial charge in [0.2, 0.25) is 11.8 Å². The Morgan fingerprint density at radius 2 is 1.97 bits per heavy atom. The van der Waals surface area contributed by atoms with Crippen molar-refractivity contribution < 1.29 is 33.0 Å². The highest BCUT2D eigenvalue weighted by molar-refractivity contribution is 5.96. The fourth-order valence-electron chi connectivity index (χ4n) is 4.64. The Balaban J connectivity index is 1.91. The lowest BCUT2D eigenvalue weighted by atomic mass is 10.1. The molecule has 0 spiro atoms. The molecule has 2 heterocycles. The number of likely N-dealkylation sites (N-methyl/N-ethyl adjacent to an activating group) is 1. The Hall–Kier alpha value is -3.41. The molecule has 12 heteroatoms. The van der Waals surface area contributed by atoms with Gasteiger partial charge in [-0.15, -0.1) is 0 Å². The molecule has 3 rings (SSSR count). The van der Waals surface area contributed by atoms with E-state index in [1.54, 1.807) is 46.8 Å². The lowest BCUT2D eigenvalue weighted by Gasteiger charge is -2.29. The molecule has 2 N–H and O–H groups in total. The van der Waals surface area contributed by atoms with E-state index in [1.165, 1.54) is 21.9 Å². The minimum Gasteiger partial charge on any atom is -0.491 e. The average Bonchev–Trinajstić information content (AvgIpc) is 3.22. The molecule has 0 unspecified atom stereocenters. The van der Waals surface area contributed by atoms with E-state index in [4.69, 9.17) is 9.47 Å². The molecule has 1 aromatic rings. The Kier molecular flexibility index (Phi) is 9.76. The summed E-state index contributed by atoms with van der Waals surface area (Å²) in [5, 5.41) is 5.77. The number of rotatable bonds is 3. The summed E-state index contributed by atoms with van der Waals surface area (Å²) in [7, 11) is 5.09. The van der Waals surface area contributed by atoms with Crippen LogP contribution in [0.5, 0.6) is 5.75 Å². The van der Waals surface area contributed by atoms with Crippen molar-refractivity contribution in [3.8, 4) is 5.75 Å². The second kappa shape index (κ2) is 12.6. The van der Waals surface area contributed by atoms with E-state index in [2.05, 4.69) is 10.6 Å². The Morgan fingerprint density at radius 1 is 1.26 bits per heavy atom. The average molecular weight is 550 g/mol. The molecule has 3 atom stereocenters. The van der Waals surface area contributed by atoms with Crippen LogP contribution in [0.25, 0.3) is 0 Å². The number of halogens is 1. The fourth-order valence-corrected chi connectivity index (χ4v) is 4.64. The Bertz CT molecular complexity index is 1080. The highest BCUT2D eigenvalue weighted by atomic mass is 19.1. The molecule has 2 bridgehead atoms. The second-order valence-corrected chi connectivity index (χ2v) is 11.4. The van der Waals surface area contributed by atoms with Crippen molar-refractivity contribution in [1.82, 2.24) is 25.3 Å². The summed E-state index contributed by atoms with van der Waals surface area (Å²) in [6.45, 7) is 5.87. The molecule has 0 aromatic heterocycles. The summed E-state index contributed by atoms with van der Waals surface area (Å²) in [5.74, 6) is -1.49. The lowest BCUT2D eigenvalue weighted by molar-refractivity contribution is -0.129. The zero-order chi connectivity index (χ0) is 28.9. The minimum absolute atomic E-state index is 0.00421. The SMILES string of the molecule is CN(C)CC(=O)N[C@H]1CCCN(C)C(=O)c2cc(F)ccc2OC[C@@H]2C[C@H](CN2C(=O)OC(C)(C)C)NC1=O. The van der Waals surface area contributed by atoms with Crippen molar-refractivity contribution in [3.63, 3.8) is 0 Å². The standard InChI is InChI=1S/C27H40FN5O6/c1-27(2,3)39-26(37)33-14-18-13-19(33)16-38-22-10-9-17(28)12-20(22)25(36)32(6)11-7-8-21(24(35)29-18)30-23(34)15-31(4)5/h9-10,12,18-19,21H,7-8,11,13-16H2,1-6H3,(H,29,35)(H,30,34)/t18-,19+,21+/m1/s1. The molecule has 0 saturated carbocycles. The largest absolute Gasteiger partial charge is 0.491 e. The number of hydrogen-bond acceptors (Lipinski definition) is 7. The van der Waals surface area contributed by atoms with Gasteiger partial charge in [-0.3, -0.25) is 19.3 Å². The third-order valence-electron chi connectivity index (χ3n) is 6.44. The molecule has 1 saturated heterocycles. The highest BCUT2D eigenvalue weighted by Crippen LogP contribution is 2.26. The van der Waals surface area contributed by atoms with Gasteiger partial charge in [0.25, 0.3) is 5.91 Å². The van der Waals surface area contributed by atoms with Crippen molar-refractivity contribution in [1.29, 1.82) is 0 Å². The first-order chi connectivity index (χ1) is 18.2. The second-order valence-electron chi connectivity index (χ2n) is 11.4. The van der Waals surface area contributed by atoms with Crippen LogP contribution in [0.4, 0.5) is 9.18 Å². The first-order valence-electron chi connectivity index (χ1n) is 13.2. The van der Waals surface area contributed by atoms with Gasteiger partial charge in [-0.05, 0) is 72.3 Å². The van der Waals surface area contributed by atoms with Crippen LogP contribution >= 0.6 is 0 Å². The van der Waals surface area contributed by atoms with Gasteiger partial charge in [0, 0.05) is 26.2 Å². The lowest BCUT2D eigenvalue weighted by Crippen LogP contribution is -2.52. The first-order valence-corrected chi connectivity index (χ1v) is 13.2. The normalized spacial score (nSPS) is 22.8. The summed E-state index contributed by atoms with van der Waals surface area (Å²) >= 11 is 0. The van der Waals surface area contributed by atoms with Crippen molar-refractivity contribution >= 4 is 23.8 Å². The van der Waals surface area contributed by atoms with Gasteiger partial charge >= 0.3 is 6.09 Å². The summed E-state index contributed by atoms with van der Waals surface area (Å²) < 4.78 is 25.7. The molecule has 1 aromatic carbocycles. The van der Waals surface area contributed by atoms with E-state index in [1.807, 2.05) is 0 Å². The molecule has 2 aliphatic rings. The van der Waals surface area contributed by atoms with E-state index >= 15 is 0 Å². The molecular formula is C27H40FN5O6. The molecule has 2 aliphatic heterocycles. The minimum atomic E-state index is -0.832. The molecule has 4 amide bonds. The van der Waals surface area contributed by atoms with Crippen LogP contribution in [0.2, 0.25) is 0 Å². The van der Waals surface area contributed by atoms with E-state index in [9.17, 15) is 23.6 Å². The van der Waals surface area contributed by atoms with Crippen LogP contribution in [-0.2, 0) is 14.3 Å². The van der Waals surface area contributed by atoms with E-state index in [0.29, 0.717) is 12.8 Å². The quantitative estimate of drug-likeness (QED) is 0.588. The summed E-state index contributed by atoms with van der Waals surface area (Å²) in [6, 6.07) is 2.02. The number of amides is 4. The zero-order valence-electron chi connectivity index (χ0n) is 23.6. The number of nitrogens with zero attached hydrogens (tertiary/aromatic N) is 3. The molecule has 1 fully saturated rings. The van der Waals surface area contributed by atoms with Gasteiger partial charge in [0.05, 0.1) is 18.2 Å². The van der Waals surface area contributed by atoms with Crippen LogP contribution in [0.1, 0.15) is 50.4 Å². The van der Waals surface area contributed by atoms with Gasteiger partial charge in [-0.2, -0.15) is 0 Å². The van der Waals surface area contributed by atoms with Gasteiger partial charge in [0.1, 0.15) is 29.8 Å². The Labute approximate surface area is 229 Å². The third kappa shape index (κ3) is 8.54. The van der Waals surface area contributed by atoms with Gasteiger partial charge in [0.15, 0.2) is 0 Å². The number of hydrogen-bond donors (Lipinski definition) is 2. The van der Waals surface area contributed by atoms with Gasteiger partial charge in [-0.25, -0.2) is 9.18 Å². The van der Waals surface area contributed by atoms with E-state index < -0.39 is 41.5 Å². The summed E-state index contributed by atoms with van der Waals surface area (Å²) in [4.78, 5) is 56.6. The Morgan fingerprint density at radius 3 is 2.64 bits per heavy atom. The molecule has 11 nitrogen and oxygen atoms in total. The maximum absolute atomic E-state index is 14.1.